The highest BCUT2D eigenvalue weighted by atomic mass is 32.2. The zero-order valence-corrected chi connectivity index (χ0v) is 20.2. The standard InChI is InChI=1S/C27H28N4O2S/c1-3-30(22-9-5-4-6-10-22)26(33)19-34-27-29-23-11-7-8-12-24(23)31(27)18-25(32)28-17-21-15-13-20(2)14-16-21/h4-16H,3,17-19H2,1-2H3,(H,28,32). The second-order valence-electron chi connectivity index (χ2n) is 7.99. The average molecular weight is 473 g/mol. The maximum absolute atomic E-state index is 13.0. The van der Waals surface area contributed by atoms with Gasteiger partial charge in [-0.25, -0.2) is 4.98 Å². The van der Waals surface area contributed by atoms with E-state index in [-0.39, 0.29) is 24.1 Å². The van der Waals surface area contributed by atoms with Crippen LogP contribution in [0.25, 0.3) is 11.0 Å². The number of imidazole rings is 1. The number of nitrogens with one attached hydrogen (secondary N) is 1. The topological polar surface area (TPSA) is 67.2 Å². The quantitative estimate of drug-likeness (QED) is 0.355. The average Bonchev–Trinajstić information content (AvgIpc) is 3.20. The minimum atomic E-state index is -0.101. The molecule has 34 heavy (non-hydrogen) atoms. The predicted octanol–water partition coefficient (Wildman–Crippen LogP) is 4.81. The molecule has 6 nitrogen and oxygen atoms in total. The molecule has 1 N–H and O–H groups in total. The summed E-state index contributed by atoms with van der Waals surface area (Å²) in [6, 6.07) is 25.5. The van der Waals surface area contributed by atoms with Gasteiger partial charge in [0, 0.05) is 18.8 Å². The fourth-order valence-corrected chi connectivity index (χ4v) is 4.63. The molecule has 4 rings (SSSR count). The van der Waals surface area contributed by atoms with E-state index < -0.39 is 0 Å². The highest BCUT2D eigenvalue weighted by molar-refractivity contribution is 7.99. The van der Waals surface area contributed by atoms with Gasteiger partial charge in [-0.15, -0.1) is 0 Å². The van der Waals surface area contributed by atoms with Crippen molar-refractivity contribution in [1.29, 1.82) is 0 Å². The van der Waals surface area contributed by atoms with E-state index in [1.807, 2.05) is 97.3 Å². The molecule has 0 radical (unpaired) electrons. The molecule has 0 aliphatic heterocycles. The molecule has 0 spiro atoms. The zero-order valence-electron chi connectivity index (χ0n) is 19.4. The Morgan fingerprint density at radius 3 is 2.41 bits per heavy atom. The first-order valence-electron chi connectivity index (χ1n) is 11.3. The maximum atomic E-state index is 13.0. The van der Waals surface area contributed by atoms with Gasteiger partial charge in [0.05, 0.1) is 16.8 Å². The van der Waals surface area contributed by atoms with Crippen LogP contribution in [0.4, 0.5) is 5.69 Å². The van der Waals surface area contributed by atoms with Crippen LogP contribution in [-0.4, -0.2) is 33.7 Å². The van der Waals surface area contributed by atoms with Crippen LogP contribution in [0.3, 0.4) is 0 Å². The van der Waals surface area contributed by atoms with Crippen molar-refractivity contribution in [3.63, 3.8) is 0 Å². The number of para-hydroxylation sites is 3. The summed E-state index contributed by atoms with van der Waals surface area (Å²) in [4.78, 5) is 32.2. The van der Waals surface area contributed by atoms with Gasteiger partial charge in [-0.2, -0.15) is 0 Å². The first-order chi connectivity index (χ1) is 16.5. The Kier molecular flexibility index (Phi) is 7.65. The number of rotatable bonds is 9. The molecule has 174 valence electrons. The molecule has 4 aromatic rings. The van der Waals surface area contributed by atoms with E-state index >= 15 is 0 Å². The van der Waals surface area contributed by atoms with Crippen LogP contribution in [0.5, 0.6) is 0 Å². The van der Waals surface area contributed by atoms with Crippen LogP contribution in [0.15, 0.2) is 84.0 Å². The molecular formula is C27H28N4O2S. The van der Waals surface area contributed by atoms with Crippen molar-refractivity contribution in [2.24, 2.45) is 0 Å². The zero-order chi connectivity index (χ0) is 23.9. The van der Waals surface area contributed by atoms with Crippen LogP contribution in [0.1, 0.15) is 18.1 Å². The van der Waals surface area contributed by atoms with Crippen molar-refractivity contribution < 1.29 is 9.59 Å². The normalized spacial score (nSPS) is 10.9. The minimum Gasteiger partial charge on any atom is -0.350 e. The molecule has 0 bridgehead atoms. The van der Waals surface area contributed by atoms with Gasteiger partial charge >= 0.3 is 0 Å². The van der Waals surface area contributed by atoms with E-state index in [0.717, 1.165) is 22.3 Å². The van der Waals surface area contributed by atoms with Gasteiger partial charge in [-0.05, 0) is 43.7 Å². The lowest BCUT2D eigenvalue weighted by Gasteiger charge is -2.20. The number of hydrogen-bond acceptors (Lipinski definition) is 4. The highest BCUT2D eigenvalue weighted by Crippen LogP contribution is 2.25. The third kappa shape index (κ3) is 5.66. The molecule has 0 fully saturated rings. The summed E-state index contributed by atoms with van der Waals surface area (Å²) >= 11 is 1.36. The lowest BCUT2D eigenvalue weighted by molar-refractivity contribution is -0.122. The van der Waals surface area contributed by atoms with Crippen LogP contribution in [0, 0.1) is 6.92 Å². The van der Waals surface area contributed by atoms with E-state index in [9.17, 15) is 9.59 Å². The first kappa shape index (κ1) is 23.6. The number of hydrogen-bond donors (Lipinski definition) is 1. The summed E-state index contributed by atoms with van der Waals surface area (Å²) in [5.41, 5.74) is 4.79. The van der Waals surface area contributed by atoms with Crippen molar-refractivity contribution in [1.82, 2.24) is 14.9 Å². The number of thioether (sulfide) groups is 1. The number of nitrogens with zero attached hydrogens (tertiary/aromatic N) is 3. The Bertz CT molecular complexity index is 1270. The van der Waals surface area contributed by atoms with E-state index in [4.69, 9.17) is 4.98 Å². The fraction of sp³-hybridized carbons (Fsp3) is 0.222. The van der Waals surface area contributed by atoms with Gasteiger partial charge in [-0.3, -0.25) is 9.59 Å². The molecule has 0 saturated carbocycles. The number of fused-ring (bicyclic) bond motifs is 1. The Balaban J connectivity index is 1.47. The van der Waals surface area contributed by atoms with Crippen molar-refractivity contribution in [2.45, 2.75) is 32.1 Å². The van der Waals surface area contributed by atoms with Gasteiger partial charge in [0.25, 0.3) is 0 Å². The largest absolute Gasteiger partial charge is 0.350 e. The summed E-state index contributed by atoms with van der Waals surface area (Å²) in [5, 5.41) is 3.65. The third-order valence-electron chi connectivity index (χ3n) is 5.54. The third-order valence-corrected chi connectivity index (χ3v) is 6.50. The van der Waals surface area contributed by atoms with E-state index in [1.165, 1.54) is 17.3 Å². The van der Waals surface area contributed by atoms with Crippen LogP contribution < -0.4 is 10.2 Å². The Morgan fingerprint density at radius 2 is 1.68 bits per heavy atom. The molecule has 0 aliphatic rings. The highest BCUT2D eigenvalue weighted by Gasteiger charge is 2.18. The van der Waals surface area contributed by atoms with Crippen LogP contribution >= 0.6 is 11.8 Å². The molecule has 0 aliphatic carbocycles. The van der Waals surface area contributed by atoms with Gasteiger partial charge in [0.1, 0.15) is 6.54 Å². The monoisotopic (exact) mass is 472 g/mol. The van der Waals surface area contributed by atoms with Gasteiger partial charge in [-0.1, -0.05) is 71.9 Å². The number of amides is 2. The Labute approximate surface area is 204 Å². The molecule has 3 aromatic carbocycles. The number of aromatic nitrogens is 2. The Morgan fingerprint density at radius 1 is 0.971 bits per heavy atom. The summed E-state index contributed by atoms with van der Waals surface area (Å²) in [6.07, 6.45) is 0. The maximum Gasteiger partial charge on any atom is 0.240 e. The molecule has 1 heterocycles. The van der Waals surface area contributed by atoms with Crippen LogP contribution in [-0.2, 0) is 22.7 Å². The van der Waals surface area contributed by atoms with Gasteiger partial charge in [0.15, 0.2) is 5.16 Å². The lowest BCUT2D eigenvalue weighted by Crippen LogP contribution is -2.32. The number of benzene rings is 3. The van der Waals surface area contributed by atoms with E-state index in [2.05, 4.69) is 5.32 Å². The summed E-state index contributed by atoms with van der Waals surface area (Å²) in [6.45, 7) is 5.19. The Hall–Kier alpha value is -3.58. The summed E-state index contributed by atoms with van der Waals surface area (Å²) in [5.74, 6) is 0.134. The summed E-state index contributed by atoms with van der Waals surface area (Å²) < 4.78 is 1.89. The molecule has 7 heteroatoms. The van der Waals surface area contributed by atoms with Crippen molar-refractivity contribution >= 4 is 40.3 Å². The predicted molar refractivity (Wildman–Crippen MR) is 138 cm³/mol. The van der Waals surface area contributed by atoms with Gasteiger partial charge < -0.3 is 14.8 Å². The van der Waals surface area contributed by atoms with E-state index in [1.54, 1.807) is 4.90 Å². The smallest absolute Gasteiger partial charge is 0.240 e. The molecule has 0 atom stereocenters. The summed E-state index contributed by atoms with van der Waals surface area (Å²) in [7, 11) is 0. The SMILES string of the molecule is CCN(C(=O)CSc1nc2ccccc2n1CC(=O)NCc1ccc(C)cc1)c1ccccc1. The van der Waals surface area contributed by atoms with E-state index in [0.29, 0.717) is 18.2 Å². The molecule has 2 amide bonds. The molecular weight excluding hydrogens is 444 g/mol. The van der Waals surface area contributed by atoms with Crippen molar-refractivity contribution in [3.8, 4) is 0 Å². The van der Waals surface area contributed by atoms with Crippen molar-refractivity contribution in [3.05, 3.63) is 90.0 Å². The molecule has 0 unspecified atom stereocenters. The first-order valence-corrected chi connectivity index (χ1v) is 12.3. The number of carbonyl (C=O) groups is 2. The molecule has 0 saturated heterocycles. The minimum absolute atomic E-state index is 0.00105. The number of carbonyl (C=O) groups excluding carboxylic acids is 2. The van der Waals surface area contributed by atoms with Crippen molar-refractivity contribution in [2.75, 3.05) is 17.2 Å². The number of anilines is 1. The second-order valence-corrected chi connectivity index (χ2v) is 8.94. The lowest BCUT2D eigenvalue weighted by atomic mass is 10.1. The van der Waals surface area contributed by atoms with Gasteiger partial charge in [0.2, 0.25) is 11.8 Å². The molecule has 1 aromatic heterocycles. The number of aryl methyl sites for hydroxylation is 1. The van der Waals surface area contributed by atoms with Crippen LogP contribution in [0.2, 0.25) is 0 Å². The fourth-order valence-electron chi connectivity index (χ4n) is 3.74. The second kappa shape index (κ2) is 11.0.